The maximum absolute atomic E-state index is 12.5. The second kappa shape index (κ2) is 10.8. The number of nitrogens with zero attached hydrogens (tertiary/aromatic N) is 1. The minimum absolute atomic E-state index is 0.280. The summed E-state index contributed by atoms with van der Waals surface area (Å²) in [5.74, 6) is -1.38. The summed E-state index contributed by atoms with van der Waals surface area (Å²) in [6.07, 6.45) is 1.34. The lowest BCUT2D eigenvalue weighted by molar-refractivity contribution is -0.145. The van der Waals surface area contributed by atoms with E-state index >= 15 is 0 Å². The number of unbranched alkanes of at least 4 members (excludes halogenated alkanes) is 1. The molecule has 7 heteroatoms. The number of nitriles is 1. The van der Waals surface area contributed by atoms with E-state index < -0.39 is 24.0 Å². The summed E-state index contributed by atoms with van der Waals surface area (Å²) in [7, 11) is 1.24. The van der Waals surface area contributed by atoms with Crippen LogP contribution in [0.15, 0.2) is 30.3 Å². The van der Waals surface area contributed by atoms with Crippen molar-refractivity contribution in [3.05, 3.63) is 35.9 Å². The highest BCUT2D eigenvalue weighted by atomic mass is 16.5. The van der Waals surface area contributed by atoms with Crippen LogP contribution in [-0.2, 0) is 25.5 Å². The summed E-state index contributed by atoms with van der Waals surface area (Å²) in [6.45, 7) is 1.33. The molecule has 2 atom stereocenters. The molecule has 0 spiro atoms. The van der Waals surface area contributed by atoms with Gasteiger partial charge in [-0.1, -0.05) is 30.3 Å². The maximum Gasteiger partial charge on any atom is 0.328 e. The van der Waals surface area contributed by atoms with Gasteiger partial charge in [-0.05, 0) is 18.4 Å². The second-order valence-electron chi connectivity index (χ2n) is 5.58. The fraction of sp³-hybridized carbons (Fsp3) is 0.444. The van der Waals surface area contributed by atoms with E-state index in [1.54, 1.807) is 0 Å². The van der Waals surface area contributed by atoms with Crippen molar-refractivity contribution in [2.24, 2.45) is 0 Å². The van der Waals surface area contributed by atoms with E-state index in [0.717, 1.165) is 5.56 Å². The highest BCUT2D eigenvalue weighted by Crippen LogP contribution is 2.07. The van der Waals surface area contributed by atoms with Crippen LogP contribution in [-0.4, -0.2) is 37.0 Å². The lowest BCUT2D eigenvalue weighted by atomic mass is 10.0. The normalized spacial score (nSPS) is 12.4. The van der Waals surface area contributed by atoms with Gasteiger partial charge in [-0.15, -0.1) is 0 Å². The molecule has 1 aromatic carbocycles. The first-order chi connectivity index (χ1) is 12.0. The third-order valence-electron chi connectivity index (χ3n) is 3.56. The summed E-state index contributed by atoms with van der Waals surface area (Å²) in [4.78, 5) is 35.8. The first kappa shape index (κ1) is 20.2. The van der Waals surface area contributed by atoms with Crippen molar-refractivity contribution < 1.29 is 19.1 Å². The van der Waals surface area contributed by atoms with Gasteiger partial charge in [0, 0.05) is 19.8 Å². The molecule has 1 rings (SSSR count). The van der Waals surface area contributed by atoms with Gasteiger partial charge in [0.15, 0.2) is 0 Å². The van der Waals surface area contributed by atoms with Crippen molar-refractivity contribution in [2.45, 2.75) is 44.7 Å². The fourth-order valence-corrected chi connectivity index (χ4v) is 2.35. The molecule has 0 saturated heterocycles. The molecular formula is C18H23N3O4. The molecule has 0 aliphatic rings. The number of benzene rings is 1. The van der Waals surface area contributed by atoms with E-state index in [-0.39, 0.29) is 12.3 Å². The highest BCUT2D eigenvalue weighted by Gasteiger charge is 2.26. The third-order valence-corrected chi connectivity index (χ3v) is 3.56. The zero-order valence-electron chi connectivity index (χ0n) is 14.5. The zero-order valence-corrected chi connectivity index (χ0v) is 14.5. The van der Waals surface area contributed by atoms with Crippen molar-refractivity contribution in [3.63, 3.8) is 0 Å². The lowest BCUT2D eigenvalue weighted by Crippen LogP contribution is -2.52. The second-order valence-corrected chi connectivity index (χ2v) is 5.58. The number of rotatable bonds is 9. The van der Waals surface area contributed by atoms with Crippen LogP contribution >= 0.6 is 0 Å². The van der Waals surface area contributed by atoms with Crippen molar-refractivity contribution in [1.29, 1.82) is 5.26 Å². The van der Waals surface area contributed by atoms with E-state index in [1.807, 2.05) is 36.4 Å². The fourth-order valence-electron chi connectivity index (χ4n) is 2.35. The molecule has 0 aliphatic carbocycles. The van der Waals surface area contributed by atoms with Crippen LogP contribution in [0.1, 0.15) is 31.7 Å². The number of nitrogens with one attached hydrogen (secondary N) is 2. The molecule has 0 aromatic heterocycles. The Morgan fingerprint density at radius 2 is 1.84 bits per heavy atom. The highest BCUT2D eigenvalue weighted by molar-refractivity contribution is 5.90. The van der Waals surface area contributed by atoms with Gasteiger partial charge in [-0.25, -0.2) is 4.79 Å². The van der Waals surface area contributed by atoms with Gasteiger partial charge in [0.2, 0.25) is 11.8 Å². The zero-order chi connectivity index (χ0) is 18.7. The van der Waals surface area contributed by atoms with Crippen LogP contribution in [0.5, 0.6) is 0 Å². The Morgan fingerprint density at radius 1 is 1.16 bits per heavy atom. The Bertz CT molecular complexity index is 625. The van der Waals surface area contributed by atoms with E-state index in [1.165, 1.54) is 14.0 Å². The Kier molecular flexibility index (Phi) is 8.72. The summed E-state index contributed by atoms with van der Waals surface area (Å²) in [5, 5.41) is 13.8. The molecule has 0 aliphatic heterocycles. The van der Waals surface area contributed by atoms with Crippen LogP contribution < -0.4 is 10.6 Å². The van der Waals surface area contributed by atoms with Crippen LogP contribution in [0.4, 0.5) is 0 Å². The van der Waals surface area contributed by atoms with Gasteiger partial charge in [0.1, 0.15) is 12.1 Å². The first-order valence-corrected chi connectivity index (χ1v) is 8.04. The Morgan fingerprint density at radius 3 is 2.40 bits per heavy atom. The quantitative estimate of drug-likeness (QED) is 0.514. The molecule has 1 aromatic rings. The standard InChI is InChI=1S/C18H23N3O4/c1-13(22)20-16(12-14-8-4-3-5-9-14)17(23)21-15(18(24)25-2)10-6-7-11-19/h3-5,8-9,15-16H,6-7,10,12H2,1-2H3,(H,20,22)(H,21,23)/t15-,16+/m1/s1. The number of esters is 1. The van der Waals surface area contributed by atoms with Crippen molar-refractivity contribution in [2.75, 3.05) is 7.11 Å². The van der Waals surface area contributed by atoms with Gasteiger partial charge in [-0.2, -0.15) is 5.26 Å². The number of ether oxygens (including phenoxy) is 1. The minimum Gasteiger partial charge on any atom is -0.467 e. The molecule has 0 radical (unpaired) electrons. The van der Waals surface area contributed by atoms with Gasteiger partial charge in [0.25, 0.3) is 0 Å². The van der Waals surface area contributed by atoms with Crippen molar-refractivity contribution in [1.82, 2.24) is 10.6 Å². The molecule has 0 saturated carbocycles. The molecular weight excluding hydrogens is 322 g/mol. The smallest absolute Gasteiger partial charge is 0.328 e. The molecule has 2 N–H and O–H groups in total. The molecule has 0 unspecified atom stereocenters. The molecule has 0 heterocycles. The SMILES string of the molecule is COC(=O)[C@@H](CCCC#N)NC(=O)[C@H](Cc1ccccc1)NC(C)=O. The maximum atomic E-state index is 12.5. The Hall–Kier alpha value is -2.88. The number of carbonyl (C=O) groups is 3. The predicted molar refractivity (Wildman–Crippen MR) is 91.2 cm³/mol. The third kappa shape index (κ3) is 7.48. The van der Waals surface area contributed by atoms with Gasteiger partial charge < -0.3 is 15.4 Å². The summed E-state index contributed by atoms with van der Waals surface area (Å²) < 4.78 is 4.70. The first-order valence-electron chi connectivity index (χ1n) is 8.04. The summed E-state index contributed by atoms with van der Waals surface area (Å²) >= 11 is 0. The van der Waals surface area contributed by atoms with E-state index in [0.29, 0.717) is 19.3 Å². The monoisotopic (exact) mass is 345 g/mol. The van der Waals surface area contributed by atoms with Gasteiger partial charge in [0.05, 0.1) is 13.2 Å². The van der Waals surface area contributed by atoms with Crippen LogP contribution in [0.3, 0.4) is 0 Å². The molecule has 0 fully saturated rings. The lowest BCUT2D eigenvalue weighted by Gasteiger charge is -2.22. The Balaban J connectivity index is 2.81. The molecule has 7 nitrogen and oxygen atoms in total. The number of amides is 2. The van der Waals surface area contributed by atoms with Crippen molar-refractivity contribution >= 4 is 17.8 Å². The molecule has 134 valence electrons. The average Bonchev–Trinajstić information content (AvgIpc) is 2.60. The molecule has 2 amide bonds. The number of carbonyl (C=O) groups excluding carboxylic acids is 3. The van der Waals surface area contributed by atoms with E-state index in [4.69, 9.17) is 10.00 Å². The Labute approximate surface area is 147 Å². The molecule has 25 heavy (non-hydrogen) atoms. The largest absolute Gasteiger partial charge is 0.467 e. The van der Waals surface area contributed by atoms with Crippen LogP contribution in [0.2, 0.25) is 0 Å². The van der Waals surface area contributed by atoms with Crippen LogP contribution in [0, 0.1) is 11.3 Å². The molecule has 0 bridgehead atoms. The van der Waals surface area contributed by atoms with Crippen LogP contribution in [0.25, 0.3) is 0 Å². The summed E-state index contributed by atoms with van der Waals surface area (Å²) in [6, 6.07) is 9.60. The summed E-state index contributed by atoms with van der Waals surface area (Å²) in [5.41, 5.74) is 0.885. The minimum atomic E-state index is -0.849. The van der Waals surface area contributed by atoms with Crippen molar-refractivity contribution in [3.8, 4) is 6.07 Å². The topological polar surface area (TPSA) is 108 Å². The number of methoxy groups -OCH3 is 1. The average molecular weight is 345 g/mol. The van der Waals surface area contributed by atoms with Gasteiger partial charge in [-0.3, -0.25) is 9.59 Å². The number of hydrogen-bond acceptors (Lipinski definition) is 5. The van der Waals surface area contributed by atoms with E-state index in [2.05, 4.69) is 10.6 Å². The van der Waals surface area contributed by atoms with Gasteiger partial charge >= 0.3 is 5.97 Å². The predicted octanol–water partition coefficient (Wildman–Crippen LogP) is 1.09. The van der Waals surface area contributed by atoms with E-state index in [9.17, 15) is 14.4 Å². The number of hydrogen-bond donors (Lipinski definition) is 2.